The van der Waals surface area contributed by atoms with Gasteiger partial charge in [-0.1, -0.05) is 181 Å². The Labute approximate surface area is 397 Å². The second kappa shape index (κ2) is 16.7. The smallest absolute Gasteiger partial charge is 0.149 e. The molecule has 0 amide bonds. The van der Waals surface area contributed by atoms with E-state index in [-0.39, 0.29) is 17.3 Å². The van der Waals surface area contributed by atoms with Gasteiger partial charge in [-0.25, -0.2) is 4.98 Å². The summed E-state index contributed by atoms with van der Waals surface area (Å²) in [4.78, 5) is 5.54. The molecule has 8 aromatic carbocycles. The van der Waals surface area contributed by atoms with Gasteiger partial charge in [-0.2, -0.15) is 0 Å². The minimum absolute atomic E-state index is 0.123. The summed E-state index contributed by atoms with van der Waals surface area (Å²) in [5, 5.41) is 7.19. The van der Waals surface area contributed by atoms with Crippen molar-refractivity contribution in [1.29, 1.82) is 0 Å². The van der Waals surface area contributed by atoms with Crippen molar-refractivity contribution in [3.05, 3.63) is 167 Å². The highest BCUT2D eigenvalue weighted by molar-refractivity contribution is 6.18. The molecule has 0 radical (unpaired) electrons. The number of benzene rings is 8. The van der Waals surface area contributed by atoms with Crippen molar-refractivity contribution < 1.29 is 4.42 Å². The van der Waals surface area contributed by atoms with E-state index in [9.17, 15) is 0 Å². The fraction of sp³-hybridized carbons (Fsp3) is 0.297. The third kappa shape index (κ3) is 7.56. The number of aromatic nitrogens is 2. The van der Waals surface area contributed by atoms with Crippen molar-refractivity contribution in [3.63, 3.8) is 0 Å². The van der Waals surface area contributed by atoms with Crippen molar-refractivity contribution in [3.8, 4) is 39.3 Å². The van der Waals surface area contributed by atoms with Crippen LogP contribution in [0.2, 0.25) is 0 Å². The normalized spacial score (nSPS) is 12.6. The quantitative estimate of drug-likeness (QED) is 0.135. The van der Waals surface area contributed by atoms with Crippen molar-refractivity contribution >= 4 is 54.5 Å². The molecule has 0 atom stereocenters. The summed E-state index contributed by atoms with van der Waals surface area (Å²) in [5.74, 6) is 2.69. The van der Waals surface area contributed by atoms with E-state index in [4.69, 9.17) is 9.40 Å². The number of fused-ring (bicyclic) bond motifs is 7. The van der Waals surface area contributed by atoms with Crippen molar-refractivity contribution in [2.75, 3.05) is 0 Å². The molecule has 10 aromatic rings. The lowest BCUT2D eigenvalue weighted by Gasteiger charge is -2.25. The van der Waals surface area contributed by atoms with Gasteiger partial charge in [0.15, 0.2) is 0 Å². The highest BCUT2D eigenvalue weighted by Crippen LogP contribution is 2.47. The fourth-order valence-corrected chi connectivity index (χ4v) is 10.7. The van der Waals surface area contributed by atoms with E-state index in [1.165, 1.54) is 82.9 Å². The first-order valence-corrected chi connectivity index (χ1v) is 24.8. The number of hydrogen-bond acceptors (Lipinski definition) is 2. The number of hydrogen-bond donors (Lipinski definition) is 0. The van der Waals surface area contributed by atoms with Gasteiger partial charge in [-0.05, 0) is 155 Å². The number of para-hydroxylation sites is 2. The van der Waals surface area contributed by atoms with Crippen LogP contribution in [0.4, 0.5) is 0 Å². The molecule has 3 nitrogen and oxygen atoms in total. The molecular weight excluding hydrogens is 813 g/mol. The maximum Gasteiger partial charge on any atom is 0.149 e. The first-order valence-electron chi connectivity index (χ1n) is 24.8. The molecule has 0 saturated carbocycles. The summed E-state index contributed by atoms with van der Waals surface area (Å²) in [6, 6.07) is 50.2. The van der Waals surface area contributed by atoms with Gasteiger partial charge in [0.05, 0.1) is 22.3 Å². The number of furan rings is 1. The van der Waals surface area contributed by atoms with Gasteiger partial charge in [0.1, 0.15) is 17.0 Å². The van der Waals surface area contributed by atoms with Crippen LogP contribution in [0.25, 0.3) is 93.8 Å². The van der Waals surface area contributed by atoms with E-state index in [2.05, 4.69) is 228 Å². The Kier molecular flexibility index (Phi) is 11.1. The third-order valence-corrected chi connectivity index (χ3v) is 14.4. The molecule has 0 aliphatic rings. The largest absolute Gasteiger partial charge is 0.455 e. The lowest BCUT2D eigenvalue weighted by molar-refractivity contribution is 0.595. The Morgan fingerprint density at radius 3 is 1.72 bits per heavy atom. The Hall–Kier alpha value is -6.45. The lowest BCUT2D eigenvalue weighted by atomic mass is 9.81. The van der Waals surface area contributed by atoms with Crippen LogP contribution in [0.3, 0.4) is 0 Å². The molecule has 3 heteroatoms. The predicted molar refractivity (Wildman–Crippen MR) is 289 cm³/mol. The van der Waals surface area contributed by atoms with E-state index < -0.39 is 0 Å². The molecule has 2 aromatic heterocycles. The van der Waals surface area contributed by atoms with Crippen molar-refractivity contribution in [2.24, 2.45) is 0 Å². The van der Waals surface area contributed by atoms with Crippen LogP contribution in [0.1, 0.15) is 153 Å². The summed E-state index contributed by atoms with van der Waals surface area (Å²) in [5.41, 5.74) is 19.3. The van der Waals surface area contributed by atoms with Gasteiger partial charge in [-0.3, -0.25) is 4.57 Å². The maximum atomic E-state index is 7.20. The average Bonchev–Trinajstić information content (AvgIpc) is 3.87. The van der Waals surface area contributed by atoms with Crippen LogP contribution < -0.4 is 0 Å². The summed E-state index contributed by atoms with van der Waals surface area (Å²) in [6.45, 7) is 30.2. The molecule has 0 unspecified atom stereocenters. The molecule has 0 aliphatic carbocycles. The number of imidazole rings is 1. The van der Waals surface area contributed by atoms with Gasteiger partial charge in [0, 0.05) is 10.8 Å². The summed E-state index contributed by atoms with van der Waals surface area (Å²) < 4.78 is 9.65. The Bertz CT molecular complexity index is 3470. The zero-order valence-electron chi connectivity index (χ0n) is 41.9. The SMILES string of the molecule is CC(C)c1cc(C(C)C)c(-c2ccc(-c3cc(C(C)C)c(-n4c(-c5ccc(C(C)(C)C)c6c5oc5cc7c(ccc8ccccc87)cc56)nc5ccccc54)c(C(C)C)c3)cc2)c(C(C)C)c1. The van der Waals surface area contributed by atoms with Gasteiger partial charge in [0.25, 0.3) is 0 Å². The van der Waals surface area contributed by atoms with Crippen LogP contribution >= 0.6 is 0 Å². The van der Waals surface area contributed by atoms with E-state index in [1.54, 1.807) is 0 Å². The average molecular weight is 879 g/mol. The third-order valence-electron chi connectivity index (χ3n) is 14.4. The number of nitrogens with zero attached hydrogens (tertiary/aromatic N) is 2. The molecule has 0 aliphatic heterocycles. The molecule has 0 bridgehead atoms. The summed E-state index contributed by atoms with van der Waals surface area (Å²) in [6.07, 6.45) is 0. The van der Waals surface area contributed by atoms with Crippen molar-refractivity contribution in [2.45, 2.75) is 125 Å². The van der Waals surface area contributed by atoms with Crippen LogP contribution in [-0.4, -0.2) is 9.55 Å². The summed E-state index contributed by atoms with van der Waals surface area (Å²) >= 11 is 0. The Morgan fingerprint density at radius 1 is 0.493 bits per heavy atom. The molecule has 67 heavy (non-hydrogen) atoms. The van der Waals surface area contributed by atoms with Gasteiger partial charge in [-0.15, -0.1) is 0 Å². The van der Waals surface area contributed by atoms with Gasteiger partial charge in [0.2, 0.25) is 0 Å². The Morgan fingerprint density at radius 2 is 1.09 bits per heavy atom. The lowest BCUT2D eigenvalue weighted by Crippen LogP contribution is -2.12. The maximum absolute atomic E-state index is 7.20. The fourth-order valence-electron chi connectivity index (χ4n) is 10.7. The topological polar surface area (TPSA) is 31.0 Å². The van der Waals surface area contributed by atoms with Crippen LogP contribution in [-0.2, 0) is 5.41 Å². The molecule has 0 N–H and O–H groups in total. The minimum atomic E-state index is -0.123. The summed E-state index contributed by atoms with van der Waals surface area (Å²) in [7, 11) is 0. The first kappa shape index (κ1) is 44.4. The zero-order chi connectivity index (χ0) is 47.2. The standard InChI is InChI=1S/C64H66N2O/c1-36(2)45-31-49(37(3)4)59(50(32-45)38(5)6)43-25-22-41(23-26-43)46-33-51(39(7)8)61(52(34-46)40(9)10)66-57-21-17-16-20-56(57)65-63(66)48-28-29-55(64(11,12)13)60-54-30-44-27-24-42-18-14-15-19-47(42)53(44)35-58(54)67-62(48)60/h14-40H,1-13H3. The van der Waals surface area contributed by atoms with Crippen LogP contribution in [0.5, 0.6) is 0 Å². The minimum Gasteiger partial charge on any atom is -0.455 e. The van der Waals surface area contributed by atoms with E-state index >= 15 is 0 Å². The van der Waals surface area contributed by atoms with E-state index in [0.717, 1.165) is 44.4 Å². The van der Waals surface area contributed by atoms with Gasteiger partial charge < -0.3 is 4.42 Å². The van der Waals surface area contributed by atoms with Crippen LogP contribution in [0.15, 0.2) is 138 Å². The molecule has 0 spiro atoms. The van der Waals surface area contributed by atoms with Gasteiger partial charge >= 0.3 is 0 Å². The first-order chi connectivity index (χ1) is 32.0. The van der Waals surface area contributed by atoms with E-state index in [1.807, 2.05) is 0 Å². The highest BCUT2D eigenvalue weighted by Gasteiger charge is 2.29. The monoisotopic (exact) mass is 879 g/mol. The highest BCUT2D eigenvalue weighted by atomic mass is 16.3. The Balaban J connectivity index is 1.19. The number of rotatable bonds is 9. The predicted octanol–water partition coefficient (Wildman–Crippen LogP) is 19.1. The van der Waals surface area contributed by atoms with E-state index in [0.29, 0.717) is 17.8 Å². The second-order valence-corrected chi connectivity index (χ2v) is 21.8. The molecule has 338 valence electrons. The molecule has 0 saturated heterocycles. The second-order valence-electron chi connectivity index (χ2n) is 21.8. The molecule has 2 heterocycles. The van der Waals surface area contributed by atoms with Crippen LogP contribution in [0, 0.1) is 0 Å². The molecule has 0 fully saturated rings. The molecule has 10 rings (SSSR count). The zero-order valence-corrected chi connectivity index (χ0v) is 41.9. The van der Waals surface area contributed by atoms with Crippen molar-refractivity contribution in [1.82, 2.24) is 9.55 Å². The molecular formula is C64H66N2O.